The Kier molecular flexibility index (Phi) is 4.84. The molecule has 5 aromatic rings. The van der Waals surface area contributed by atoms with Crippen LogP contribution in [-0.2, 0) is 0 Å². The van der Waals surface area contributed by atoms with Crippen molar-refractivity contribution in [3.05, 3.63) is 116 Å². The van der Waals surface area contributed by atoms with Gasteiger partial charge in [-0.05, 0) is 35.4 Å². The summed E-state index contributed by atoms with van der Waals surface area (Å²) in [6.45, 7) is 0. The Hall–Kier alpha value is -4.11. The van der Waals surface area contributed by atoms with Gasteiger partial charge in [-0.1, -0.05) is 78.9 Å². The molecule has 142 valence electrons. The Bertz CT molecular complexity index is 1210. The van der Waals surface area contributed by atoms with Crippen LogP contribution in [0.3, 0.4) is 0 Å². The van der Waals surface area contributed by atoms with Crippen LogP contribution in [0, 0.1) is 0 Å². The lowest BCUT2D eigenvalue weighted by molar-refractivity contribution is 1.18. The van der Waals surface area contributed by atoms with Gasteiger partial charge in [0, 0.05) is 29.1 Å². The first-order chi connectivity index (χ1) is 14.9. The fraction of sp³-hybridized carbons (Fsp3) is 0. The van der Waals surface area contributed by atoms with Gasteiger partial charge in [-0.3, -0.25) is 4.98 Å². The normalized spacial score (nSPS) is 10.7. The van der Waals surface area contributed by atoms with E-state index in [0.717, 1.165) is 39.2 Å². The molecule has 2 heterocycles. The van der Waals surface area contributed by atoms with E-state index in [1.807, 2.05) is 67.0 Å². The third-order valence-corrected chi connectivity index (χ3v) is 5.00. The predicted molar refractivity (Wildman–Crippen MR) is 122 cm³/mol. The zero-order valence-electron chi connectivity index (χ0n) is 16.3. The summed E-state index contributed by atoms with van der Waals surface area (Å²) in [5, 5.41) is 0. The summed E-state index contributed by atoms with van der Waals surface area (Å²) < 4.78 is 0. The second-order valence-electron chi connectivity index (χ2n) is 7.01. The molecule has 0 saturated heterocycles. The van der Waals surface area contributed by atoms with E-state index in [-0.39, 0.29) is 0 Å². The van der Waals surface area contributed by atoms with Gasteiger partial charge in [0.15, 0.2) is 5.82 Å². The summed E-state index contributed by atoms with van der Waals surface area (Å²) in [6.07, 6.45) is 3.62. The molecule has 0 amide bonds. The molecular weight excluding hydrogens is 366 g/mol. The molecule has 0 aliphatic rings. The van der Waals surface area contributed by atoms with Gasteiger partial charge in [0.25, 0.3) is 0 Å². The van der Waals surface area contributed by atoms with Gasteiger partial charge in [-0.15, -0.1) is 0 Å². The Morgan fingerprint density at radius 3 is 1.53 bits per heavy atom. The van der Waals surface area contributed by atoms with Crippen molar-refractivity contribution in [1.29, 1.82) is 0 Å². The number of hydrogen-bond donors (Lipinski definition) is 0. The molecule has 0 bridgehead atoms. The number of benzene rings is 3. The number of aromatic nitrogens is 3. The molecule has 30 heavy (non-hydrogen) atoms. The Morgan fingerprint density at radius 1 is 0.400 bits per heavy atom. The predicted octanol–water partition coefficient (Wildman–Crippen LogP) is 6.54. The third-order valence-electron chi connectivity index (χ3n) is 5.00. The standard InChI is InChI=1S/C27H19N3/c1-3-8-21(9-4-1)25-19-26(22-10-5-2-6-11-22)30-27(29-25)24-13-7-12-23(18-24)20-14-16-28-17-15-20/h1-19H. The zero-order valence-corrected chi connectivity index (χ0v) is 16.3. The second-order valence-corrected chi connectivity index (χ2v) is 7.01. The van der Waals surface area contributed by atoms with E-state index in [1.54, 1.807) is 0 Å². The largest absolute Gasteiger partial charge is 0.265 e. The van der Waals surface area contributed by atoms with Gasteiger partial charge in [-0.2, -0.15) is 0 Å². The molecule has 3 heteroatoms. The lowest BCUT2D eigenvalue weighted by Crippen LogP contribution is -1.96. The molecule has 0 N–H and O–H groups in total. The van der Waals surface area contributed by atoms with Crippen molar-refractivity contribution in [2.45, 2.75) is 0 Å². The van der Waals surface area contributed by atoms with E-state index in [9.17, 15) is 0 Å². The van der Waals surface area contributed by atoms with Crippen molar-refractivity contribution in [3.63, 3.8) is 0 Å². The average molecular weight is 385 g/mol. The van der Waals surface area contributed by atoms with Crippen LogP contribution in [0.15, 0.2) is 116 Å². The van der Waals surface area contributed by atoms with Crippen LogP contribution in [0.1, 0.15) is 0 Å². The minimum Gasteiger partial charge on any atom is -0.265 e. The fourth-order valence-electron chi connectivity index (χ4n) is 3.47. The number of rotatable bonds is 4. The maximum Gasteiger partial charge on any atom is 0.160 e. The highest BCUT2D eigenvalue weighted by Gasteiger charge is 2.11. The van der Waals surface area contributed by atoms with Crippen molar-refractivity contribution in [2.75, 3.05) is 0 Å². The van der Waals surface area contributed by atoms with Gasteiger partial charge >= 0.3 is 0 Å². The maximum atomic E-state index is 4.91. The van der Waals surface area contributed by atoms with Crippen LogP contribution < -0.4 is 0 Å². The van der Waals surface area contributed by atoms with Gasteiger partial charge in [-0.25, -0.2) is 9.97 Å². The topological polar surface area (TPSA) is 38.7 Å². The average Bonchev–Trinajstić information content (AvgIpc) is 2.85. The quantitative estimate of drug-likeness (QED) is 0.352. The molecule has 5 rings (SSSR count). The van der Waals surface area contributed by atoms with E-state index >= 15 is 0 Å². The van der Waals surface area contributed by atoms with E-state index < -0.39 is 0 Å². The van der Waals surface area contributed by atoms with Crippen molar-refractivity contribution >= 4 is 0 Å². The van der Waals surface area contributed by atoms with Gasteiger partial charge in [0.1, 0.15) is 0 Å². The fourth-order valence-corrected chi connectivity index (χ4v) is 3.47. The molecular formula is C27H19N3. The molecule has 0 radical (unpaired) electrons. The highest BCUT2D eigenvalue weighted by Crippen LogP contribution is 2.29. The number of pyridine rings is 1. The van der Waals surface area contributed by atoms with Gasteiger partial charge in [0.2, 0.25) is 0 Å². The molecule has 3 aromatic carbocycles. The summed E-state index contributed by atoms with van der Waals surface area (Å²) in [5.41, 5.74) is 7.19. The smallest absolute Gasteiger partial charge is 0.160 e. The third kappa shape index (κ3) is 3.74. The van der Waals surface area contributed by atoms with Crippen LogP contribution in [0.25, 0.3) is 45.0 Å². The Balaban J connectivity index is 1.67. The second kappa shape index (κ2) is 8.10. The van der Waals surface area contributed by atoms with Crippen molar-refractivity contribution in [1.82, 2.24) is 15.0 Å². The summed E-state index contributed by atoms with van der Waals surface area (Å²) >= 11 is 0. The van der Waals surface area contributed by atoms with Crippen LogP contribution in [0.2, 0.25) is 0 Å². The highest BCUT2D eigenvalue weighted by atomic mass is 14.9. The number of nitrogens with zero attached hydrogens (tertiary/aromatic N) is 3. The Morgan fingerprint density at radius 2 is 0.933 bits per heavy atom. The summed E-state index contributed by atoms with van der Waals surface area (Å²) in [4.78, 5) is 13.9. The summed E-state index contributed by atoms with van der Waals surface area (Å²) in [6, 6.07) is 34.9. The maximum absolute atomic E-state index is 4.91. The molecule has 0 atom stereocenters. The first kappa shape index (κ1) is 18.0. The lowest BCUT2D eigenvalue weighted by atomic mass is 10.0. The zero-order chi connectivity index (χ0) is 20.2. The number of hydrogen-bond acceptors (Lipinski definition) is 3. The van der Waals surface area contributed by atoms with E-state index in [0.29, 0.717) is 5.82 Å². The van der Waals surface area contributed by atoms with E-state index in [2.05, 4.69) is 53.5 Å². The first-order valence-electron chi connectivity index (χ1n) is 9.87. The lowest BCUT2D eigenvalue weighted by Gasteiger charge is -2.10. The molecule has 0 aliphatic carbocycles. The molecule has 0 unspecified atom stereocenters. The Labute approximate surface area is 175 Å². The minimum atomic E-state index is 0.714. The molecule has 0 spiro atoms. The first-order valence-corrected chi connectivity index (χ1v) is 9.87. The molecule has 0 aliphatic heterocycles. The van der Waals surface area contributed by atoms with E-state index in [4.69, 9.17) is 9.97 Å². The van der Waals surface area contributed by atoms with Crippen LogP contribution in [-0.4, -0.2) is 15.0 Å². The SMILES string of the molecule is c1ccc(-c2cc(-c3ccccc3)nc(-c3cccc(-c4ccncc4)c3)n2)cc1. The van der Waals surface area contributed by atoms with Crippen molar-refractivity contribution < 1.29 is 0 Å². The summed E-state index contributed by atoms with van der Waals surface area (Å²) in [5.74, 6) is 0.714. The van der Waals surface area contributed by atoms with Crippen molar-refractivity contribution in [3.8, 4) is 45.0 Å². The van der Waals surface area contributed by atoms with Gasteiger partial charge in [0.05, 0.1) is 11.4 Å². The molecule has 3 nitrogen and oxygen atoms in total. The highest BCUT2D eigenvalue weighted by molar-refractivity contribution is 5.74. The monoisotopic (exact) mass is 385 g/mol. The van der Waals surface area contributed by atoms with Gasteiger partial charge < -0.3 is 0 Å². The van der Waals surface area contributed by atoms with E-state index in [1.165, 1.54) is 0 Å². The molecule has 0 fully saturated rings. The van der Waals surface area contributed by atoms with Crippen LogP contribution in [0.4, 0.5) is 0 Å². The van der Waals surface area contributed by atoms with Crippen molar-refractivity contribution in [2.24, 2.45) is 0 Å². The minimum absolute atomic E-state index is 0.714. The van der Waals surface area contributed by atoms with Crippen LogP contribution in [0.5, 0.6) is 0 Å². The molecule has 2 aromatic heterocycles. The molecule has 0 saturated carbocycles. The summed E-state index contributed by atoms with van der Waals surface area (Å²) in [7, 11) is 0. The van der Waals surface area contributed by atoms with Crippen LogP contribution >= 0.6 is 0 Å².